The molecule has 0 radical (unpaired) electrons. The van der Waals surface area contributed by atoms with Gasteiger partial charge in [-0.25, -0.2) is 9.97 Å². The summed E-state index contributed by atoms with van der Waals surface area (Å²) < 4.78 is 7.01. The Labute approximate surface area is 104 Å². The Kier molecular flexibility index (Phi) is 2.47. The molecular formula is C12H13N5O. The van der Waals surface area contributed by atoms with Gasteiger partial charge in [-0.1, -0.05) is 0 Å². The van der Waals surface area contributed by atoms with Crippen LogP contribution in [-0.2, 0) is 13.6 Å². The van der Waals surface area contributed by atoms with Gasteiger partial charge in [0.2, 0.25) is 0 Å². The molecule has 18 heavy (non-hydrogen) atoms. The van der Waals surface area contributed by atoms with Gasteiger partial charge in [0.1, 0.15) is 17.4 Å². The maximum Gasteiger partial charge on any atom is 0.163 e. The van der Waals surface area contributed by atoms with Crippen LogP contribution < -0.4 is 5.32 Å². The van der Waals surface area contributed by atoms with E-state index in [1.165, 1.54) is 0 Å². The van der Waals surface area contributed by atoms with Crippen molar-refractivity contribution in [1.82, 2.24) is 19.7 Å². The van der Waals surface area contributed by atoms with Crippen LogP contribution in [0.2, 0.25) is 0 Å². The van der Waals surface area contributed by atoms with Gasteiger partial charge in [0, 0.05) is 7.05 Å². The van der Waals surface area contributed by atoms with E-state index in [9.17, 15) is 0 Å². The first-order chi connectivity index (χ1) is 8.74. The van der Waals surface area contributed by atoms with Crippen LogP contribution in [0.15, 0.2) is 29.0 Å². The van der Waals surface area contributed by atoms with Crippen LogP contribution in [0.1, 0.15) is 11.6 Å². The van der Waals surface area contributed by atoms with Crippen molar-refractivity contribution in [3.63, 3.8) is 0 Å². The fraction of sp³-hybridized carbons (Fsp3) is 0.250. The molecule has 0 saturated heterocycles. The average molecular weight is 243 g/mol. The molecule has 0 aliphatic carbocycles. The summed E-state index contributed by atoms with van der Waals surface area (Å²) in [4.78, 5) is 8.76. The highest BCUT2D eigenvalue weighted by atomic mass is 16.3. The van der Waals surface area contributed by atoms with Gasteiger partial charge < -0.3 is 9.73 Å². The molecule has 0 saturated carbocycles. The van der Waals surface area contributed by atoms with Crippen molar-refractivity contribution in [2.24, 2.45) is 7.05 Å². The summed E-state index contributed by atoms with van der Waals surface area (Å²) in [6.07, 6.45) is 3.42. The molecular weight excluding hydrogens is 230 g/mol. The lowest BCUT2D eigenvalue weighted by Gasteiger charge is -2.05. The summed E-state index contributed by atoms with van der Waals surface area (Å²) in [5.41, 5.74) is 0.824. The van der Waals surface area contributed by atoms with Gasteiger partial charge in [-0.05, 0) is 19.1 Å². The zero-order chi connectivity index (χ0) is 12.5. The third kappa shape index (κ3) is 1.81. The van der Waals surface area contributed by atoms with E-state index in [0.29, 0.717) is 12.4 Å². The average Bonchev–Trinajstić information content (AvgIpc) is 2.97. The van der Waals surface area contributed by atoms with Crippen molar-refractivity contribution >= 4 is 16.9 Å². The third-order valence-corrected chi connectivity index (χ3v) is 2.71. The van der Waals surface area contributed by atoms with E-state index in [-0.39, 0.29) is 0 Å². The fourth-order valence-electron chi connectivity index (χ4n) is 1.85. The van der Waals surface area contributed by atoms with E-state index in [0.717, 1.165) is 22.6 Å². The smallest absolute Gasteiger partial charge is 0.163 e. The standard InChI is InChI=1S/C12H13N5O/c1-8-15-11(13-6-9-4-3-5-18-9)10-7-14-17(2)12(10)16-8/h3-5,7H,6H2,1-2H3,(H,13,15,16). The molecule has 0 aliphatic rings. The summed E-state index contributed by atoms with van der Waals surface area (Å²) >= 11 is 0. The molecule has 0 fully saturated rings. The van der Waals surface area contributed by atoms with E-state index in [2.05, 4.69) is 20.4 Å². The maximum absolute atomic E-state index is 5.28. The molecule has 3 rings (SSSR count). The molecule has 0 spiro atoms. The topological polar surface area (TPSA) is 68.8 Å². The Hall–Kier alpha value is -2.37. The lowest BCUT2D eigenvalue weighted by Crippen LogP contribution is -2.04. The van der Waals surface area contributed by atoms with Crippen LogP contribution in [0.5, 0.6) is 0 Å². The van der Waals surface area contributed by atoms with Crippen molar-refractivity contribution in [3.05, 3.63) is 36.2 Å². The molecule has 3 aromatic heterocycles. The molecule has 0 amide bonds. The van der Waals surface area contributed by atoms with E-state index >= 15 is 0 Å². The summed E-state index contributed by atoms with van der Waals surface area (Å²) in [7, 11) is 1.87. The van der Waals surface area contributed by atoms with Gasteiger partial charge in [-0.3, -0.25) is 4.68 Å². The molecule has 0 bridgehead atoms. The van der Waals surface area contributed by atoms with Crippen LogP contribution in [0.25, 0.3) is 11.0 Å². The first kappa shape index (κ1) is 10.8. The number of nitrogens with zero attached hydrogens (tertiary/aromatic N) is 4. The Morgan fingerprint density at radius 1 is 1.39 bits per heavy atom. The minimum absolute atomic E-state index is 0.591. The summed E-state index contributed by atoms with van der Waals surface area (Å²) in [5.74, 6) is 2.36. The van der Waals surface area contributed by atoms with Gasteiger partial charge in [0.15, 0.2) is 5.65 Å². The third-order valence-electron chi connectivity index (χ3n) is 2.71. The molecule has 3 aromatic rings. The van der Waals surface area contributed by atoms with Gasteiger partial charge in [0.25, 0.3) is 0 Å². The number of hydrogen-bond donors (Lipinski definition) is 1. The number of nitrogens with one attached hydrogen (secondary N) is 1. The minimum Gasteiger partial charge on any atom is -0.467 e. The van der Waals surface area contributed by atoms with Crippen molar-refractivity contribution in [3.8, 4) is 0 Å². The number of anilines is 1. The Balaban J connectivity index is 1.95. The molecule has 0 unspecified atom stereocenters. The van der Waals surface area contributed by atoms with Crippen LogP contribution >= 0.6 is 0 Å². The molecule has 0 atom stereocenters. The van der Waals surface area contributed by atoms with E-state index in [1.807, 2.05) is 26.1 Å². The van der Waals surface area contributed by atoms with Gasteiger partial charge in [-0.2, -0.15) is 5.10 Å². The second kappa shape index (κ2) is 4.14. The number of fused-ring (bicyclic) bond motifs is 1. The lowest BCUT2D eigenvalue weighted by atomic mass is 10.3. The van der Waals surface area contributed by atoms with Crippen LogP contribution in [0.3, 0.4) is 0 Å². The Morgan fingerprint density at radius 3 is 3.06 bits per heavy atom. The highest BCUT2D eigenvalue weighted by Crippen LogP contribution is 2.19. The van der Waals surface area contributed by atoms with Gasteiger partial charge in [0.05, 0.1) is 24.4 Å². The second-order valence-electron chi connectivity index (χ2n) is 4.06. The summed E-state index contributed by atoms with van der Waals surface area (Å²) in [6, 6.07) is 3.78. The van der Waals surface area contributed by atoms with Crippen molar-refractivity contribution in [1.29, 1.82) is 0 Å². The minimum atomic E-state index is 0.591. The number of hydrogen-bond acceptors (Lipinski definition) is 5. The Bertz CT molecular complexity index is 671. The lowest BCUT2D eigenvalue weighted by molar-refractivity contribution is 0.518. The molecule has 0 aliphatic heterocycles. The summed E-state index contributed by atoms with van der Waals surface area (Å²) in [5, 5.41) is 8.35. The largest absolute Gasteiger partial charge is 0.467 e. The quantitative estimate of drug-likeness (QED) is 0.760. The molecule has 92 valence electrons. The number of aryl methyl sites for hydroxylation is 2. The molecule has 3 heterocycles. The summed E-state index contributed by atoms with van der Waals surface area (Å²) in [6.45, 7) is 2.46. The van der Waals surface area contributed by atoms with Crippen molar-refractivity contribution in [2.75, 3.05) is 5.32 Å². The number of aromatic nitrogens is 4. The fourth-order valence-corrected chi connectivity index (χ4v) is 1.85. The van der Waals surface area contributed by atoms with E-state index < -0.39 is 0 Å². The van der Waals surface area contributed by atoms with Gasteiger partial charge in [-0.15, -0.1) is 0 Å². The van der Waals surface area contributed by atoms with Crippen LogP contribution in [-0.4, -0.2) is 19.7 Å². The molecule has 0 aromatic carbocycles. The normalized spacial score (nSPS) is 11.0. The Morgan fingerprint density at radius 2 is 2.28 bits per heavy atom. The van der Waals surface area contributed by atoms with Crippen molar-refractivity contribution in [2.45, 2.75) is 13.5 Å². The second-order valence-corrected chi connectivity index (χ2v) is 4.06. The first-order valence-corrected chi connectivity index (χ1v) is 5.66. The van der Waals surface area contributed by atoms with E-state index in [4.69, 9.17) is 4.42 Å². The number of furan rings is 1. The highest BCUT2D eigenvalue weighted by molar-refractivity contribution is 5.86. The zero-order valence-corrected chi connectivity index (χ0v) is 10.2. The maximum atomic E-state index is 5.28. The highest BCUT2D eigenvalue weighted by Gasteiger charge is 2.09. The van der Waals surface area contributed by atoms with Crippen LogP contribution in [0.4, 0.5) is 5.82 Å². The number of rotatable bonds is 3. The molecule has 1 N–H and O–H groups in total. The zero-order valence-electron chi connectivity index (χ0n) is 10.2. The van der Waals surface area contributed by atoms with E-state index in [1.54, 1.807) is 17.1 Å². The predicted octanol–water partition coefficient (Wildman–Crippen LogP) is 1.88. The van der Waals surface area contributed by atoms with Crippen LogP contribution in [0, 0.1) is 6.92 Å². The van der Waals surface area contributed by atoms with Crippen molar-refractivity contribution < 1.29 is 4.42 Å². The monoisotopic (exact) mass is 243 g/mol. The molecule has 6 heteroatoms. The SMILES string of the molecule is Cc1nc(NCc2ccco2)c2cnn(C)c2n1. The predicted molar refractivity (Wildman–Crippen MR) is 67.1 cm³/mol. The van der Waals surface area contributed by atoms with Gasteiger partial charge >= 0.3 is 0 Å². The first-order valence-electron chi connectivity index (χ1n) is 5.66. The molecule has 6 nitrogen and oxygen atoms in total.